The molecule has 3 fully saturated rings. The van der Waals surface area contributed by atoms with Crippen molar-refractivity contribution in [2.75, 3.05) is 20.3 Å². The second kappa shape index (κ2) is 7.33. The van der Waals surface area contributed by atoms with Crippen LogP contribution in [0.2, 0.25) is 0 Å². The van der Waals surface area contributed by atoms with Gasteiger partial charge < -0.3 is 19.9 Å². The van der Waals surface area contributed by atoms with Gasteiger partial charge in [-0.1, -0.05) is 13.3 Å². The van der Waals surface area contributed by atoms with E-state index in [4.69, 9.17) is 29.7 Å². The molecule has 0 aromatic rings. The Kier molecular flexibility index (Phi) is 5.61. The van der Waals surface area contributed by atoms with Crippen LogP contribution in [0.5, 0.6) is 0 Å². The van der Waals surface area contributed by atoms with Crippen molar-refractivity contribution in [3.63, 3.8) is 0 Å². The van der Waals surface area contributed by atoms with Gasteiger partial charge in [-0.3, -0.25) is 0 Å². The SMILES string of the molecule is COO[C@]12C3CCCC1[C@@H](C)[C@@H](OCCN)OC2OC(C)CC3. The largest absolute Gasteiger partial charge is 0.351 e. The van der Waals surface area contributed by atoms with Crippen molar-refractivity contribution in [1.82, 2.24) is 0 Å². The van der Waals surface area contributed by atoms with Crippen LogP contribution in [0.15, 0.2) is 0 Å². The van der Waals surface area contributed by atoms with E-state index < -0.39 is 11.9 Å². The Bertz CT molecular complexity index is 395. The molecule has 0 aromatic carbocycles. The van der Waals surface area contributed by atoms with Crippen LogP contribution >= 0.6 is 0 Å². The summed E-state index contributed by atoms with van der Waals surface area (Å²) < 4.78 is 18.3. The second-order valence-electron chi connectivity index (χ2n) is 7.22. The third-order valence-electron chi connectivity index (χ3n) is 5.88. The summed E-state index contributed by atoms with van der Waals surface area (Å²) in [6.45, 7) is 5.26. The Morgan fingerprint density at radius 3 is 2.70 bits per heavy atom. The quantitative estimate of drug-likeness (QED) is 0.616. The standard InChI is InChI=1S/C17H31NO5/c1-11-7-8-13-5-4-6-14-12(2)15(20-10-9-18)22-16(21-11)17(13,14)23-19-3/h11-16H,4-10,18H2,1-3H3/t11?,12-,13?,14?,15+,16?,17-/m1/s1. The average molecular weight is 329 g/mol. The lowest BCUT2D eigenvalue weighted by atomic mass is 9.61. The molecule has 1 aliphatic carbocycles. The van der Waals surface area contributed by atoms with Gasteiger partial charge in [0.2, 0.25) is 0 Å². The second-order valence-corrected chi connectivity index (χ2v) is 7.22. The molecule has 0 radical (unpaired) electrons. The first-order chi connectivity index (χ1) is 11.1. The molecule has 7 atom stereocenters. The van der Waals surface area contributed by atoms with E-state index >= 15 is 0 Å². The van der Waals surface area contributed by atoms with Gasteiger partial charge in [0, 0.05) is 18.4 Å². The highest BCUT2D eigenvalue weighted by molar-refractivity contribution is 5.05. The topological polar surface area (TPSA) is 72.2 Å². The number of nitrogens with two attached hydrogens (primary N) is 1. The van der Waals surface area contributed by atoms with Crippen molar-refractivity contribution in [3.05, 3.63) is 0 Å². The first-order valence-electron chi connectivity index (χ1n) is 8.97. The van der Waals surface area contributed by atoms with Gasteiger partial charge in [0.05, 0.1) is 19.8 Å². The summed E-state index contributed by atoms with van der Waals surface area (Å²) in [6.07, 6.45) is 4.93. The maximum absolute atomic E-state index is 6.24. The third-order valence-corrected chi connectivity index (χ3v) is 5.88. The molecule has 3 aliphatic rings. The molecule has 2 heterocycles. The van der Waals surface area contributed by atoms with Gasteiger partial charge in [0.25, 0.3) is 0 Å². The molecule has 0 spiro atoms. The van der Waals surface area contributed by atoms with E-state index in [0.29, 0.717) is 25.0 Å². The Hall–Kier alpha value is -0.240. The van der Waals surface area contributed by atoms with Gasteiger partial charge in [0.15, 0.2) is 18.2 Å². The summed E-state index contributed by atoms with van der Waals surface area (Å²) >= 11 is 0. The summed E-state index contributed by atoms with van der Waals surface area (Å²) in [7, 11) is 1.58. The molecule has 1 saturated carbocycles. The van der Waals surface area contributed by atoms with Crippen LogP contribution in [0, 0.1) is 17.8 Å². The van der Waals surface area contributed by atoms with Gasteiger partial charge >= 0.3 is 0 Å². The Labute approximate surface area is 138 Å². The molecular formula is C17H31NO5. The zero-order valence-electron chi connectivity index (χ0n) is 14.5. The highest BCUT2D eigenvalue weighted by Gasteiger charge is 2.63. The average Bonchev–Trinajstić information content (AvgIpc) is 2.67. The van der Waals surface area contributed by atoms with Crippen molar-refractivity contribution in [2.45, 2.75) is 70.2 Å². The van der Waals surface area contributed by atoms with Crippen molar-refractivity contribution in [3.8, 4) is 0 Å². The maximum atomic E-state index is 6.24. The Balaban J connectivity index is 1.93. The minimum absolute atomic E-state index is 0.146. The smallest absolute Gasteiger partial charge is 0.193 e. The van der Waals surface area contributed by atoms with E-state index in [1.165, 1.54) is 6.42 Å². The number of hydrogen-bond acceptors (Lipinski definition) is 6. The van der Waals surface area contributed by atoms with Gasteiger partial charge in [0.1, 0.15) is 0 Å². The van der Waals surface area contributed by atoms with Crippen LogP contribution in [0.1, 0.15) is 46.0 Å². The van der Waals surface area contributed by atoms with E-state index in [9.17, 15) is 0 Å². The fraction of sp³-hybridized carbons (Fsp3) is 1.00. The van der Waals surface area contributed by atoms with Crippen LogP contribution < -0.4 is 5.73 Å². The third kappa shape index (κ3) is 3.05. The minimum atomic E-state index is -0.528. The summed E-state index contributed by atoms with van der Waals surface area (Å²) in [6, 6.07) is 0. The van der Waals surface area contributed by atoms with E-state index in [1.54, 1.807) is 7.11 Å². The van der Waals surface area contributed by atoms with Crippen molar-refractivity contribution < 1.29 is 24.0 Å². The summed E-state index contributed by atoms with van der Waals surface area (Å²) in [4.78, 5) is 11.2. The Morgan fingerprint density at radius 1 is 1.13 bits per heavy atom. The van der Waals surface area contributed by atoms with Crippen LogP contribution in [-0.2, 0) is 24.0 Å². The van der Waals surface area contributed by atoms with E-state index in [2.05, 4.69) is 13.8 Å². The van der Waals surface area contributed by atoms with E-state index in [1.807, 2.05) is 0 Å². The highest BCUT2D eigenvalue weighted by atomic mass is 17.2. The molecule has 2 saturated heterocycles. The molecule has 0 aromatic heterocycles. The van der Waals surface area contributed by atoms with Gasteiger partial charge in [-0.25, -0.2) is 9.78 Å². The molecule has 2 N–H and O–H groups in total. The zero-order chi connectivity index (χ0) is 16.4. The van der Waals surface area contributed by atoms with Gasteiger partial charge in [-0.05, 0) is 38.5 Å². The first kappa shape index (κ1) is 17.6. The number of hydrogen-bond donors (Lipinski definition) is 1. The summed E-state index contributed by atoms with van der Waals surface area (Å²) in [5.41, 5.74) is 5.06. The molecule has 0 amide bonds. The Morgan fingerprint density at radius 2 is 1.96 bits per heavy atom. The first-order valence-corrected chi connectivity index (χ1v) is 8.97. The van der Waals surface area contributed by atoms with Crippen LogP contribution in [0.25, 0.3) is 0 Å². The van der Waals surface area contributed by atoms with Crippen molar-refractivity contribution >= 4 is 0 Å². The molecular weight excluding hydrogens is 298 g/mol. The molecule has 0 bridgehead atoms. The van der Waals surface area contributed by atoms with Gasteiger partial charge in [-0.2, -0.15) is 0 Å². The van der Waals surface area contributed by atoms with Crippen molar-refractivity contribution in [2.24, 2.45) is 23.5 Å². The van der Waals surface area contributed by atoms with Crippen LogP contribution in [0.4, 0.5) is 0 Å². The summed E-state index contributed by atoms with van der Waals surface area (Å²) in [5.74, 6) is 0.912. The monoisotopic (exact) mass is 329 g/mol. The lowest BCUT2D eigenvalue weighted by molar-refractivity contribution is -0.464. The fourth-order valence-electron chi connectivity index (χ4n) is 4.83. The molecule has 23 heavy (non-hydrogen) atoms. The molecule has 4 unspecified atom stereocenters. The summed E-state index contributed by atoms with van der Waals surface area (Å²) in [5, 5.41) is 0. The van der Waals surface area contributed by atoms with Crippen LogP contribution in [0.3, 0.4) is 0 Å². The molecule has 134 valence electrons. The normalized spacial score (nSPS) is 47.0. The maximum Gasteiger partial charge on any atom is 0.193 e. The molecule has 6 nitrogen and oxygen atoms in total. The van der Waals surface area contributed by atoms with Gasteiger partial charge in [-0.15, -0.1) is 0 Å². The number of ether oxygens (including phenoxy) is 3. The predicted octanol–water partition coefficient (Wildman–Crippen LogP) is 2.21. The van der Waals surface area contributed by atoms with E-state index in [-0.39, 0.29) is 18.3 Å². The molecule has 2 aliphatic heterocycles. The number of rotatable bonds is 5. The van der Waals surface area contributed by atoms with Crippen molar-refractivity contribution in [1.29, 1.82) is 0 Å². The fourth-order valence-corrected chi connectivity index (χ4v) is 4.83. The molecule has 3 rings (SSSR count). The predicted molar refractivity (Wildman–Crippen MR) is 84.3 cm³/mol. The minimum Gasteiger partial charge on any atom is -0.351 e. The lowest BCUT2D eigenvalue weighted by Crippen LogP contribution is -2.66. The molecule has 6 heteroatoms. The van der Waals surface area contributed by atoms with E-state index in [0.717, 1.165) is 25.7 Å². The zero-order valence-corrected chi connectivity index (χ0v) is 14.5. The highest BCUT2D eigenvalue weighted by Crippen LogP contribution is 2.55. The van der Waals surface area contributed by atoms with Crippen LogP contribution in [-0.4, -0.2) is 44.5 Å². The lowest BCUT2D eigenvalue weighted by Gasteiger charge is -2.56.